The second kappa shape index (κ2) is 6.77. The third kappa shape index (κ3) is 3.48. The van der Waals surface area contributed by atoms with Crippen LogP contribution in [0.5, 0.6) is 0 Å². The molecular formula is C13H17F6NO8S3. The van der Waals surface area contributed by atoms with E-state index in [9.17, 15) is 56.4 Å². The van der Waals surface area contributed by atoms with Crippen molar-refractivity contribution in [2.24, 2.45) is 16.7 Å². The topological polar surface area (TPSA) is 152 Å². The number of alkyl halides is 6. The van der Waals surface area contributed by atoms with Gasteiger partial charge in [0.05, 0.1) is 5.75 Å². The zero-order chi connectivity index (χ0) is 24.7. The van der Waals surface area contributed by atoms with Crippen LogP contribution in [-0.4, -0.2) is 57.8 Å². The zero-order valence-electron chi connectivity index (χ0n) is 15.7. The number of sulfonamides is 2. The molecule has 0 heterocycles. The molecule has 2 rings (SSSR count). The first-order valence-electron chi connectivity index (χ1n) is 8.29. The van der Waals surface area contributed by atoms with Gasteiger partial charge in [-0.2, -0.15) is 34.8 Å². The van der Waals surface area contributed by atoms with E-state index < -0.39 is 69.0 Å². The summed E-state index contributed by atoms with van der Waals surface area (Å²) in [5.74, 6) is -9.61. The van der Waals surface area contributed by atoms with Crippen molar-refractivity contribution in [1.29, 1.82) is 0 Å². The Morgan fingerprint density at radius 3 is 1.84 bits per heavy atom. The molecular weight excluding hydrogens is 508 g/mol. The van der Waals surface area contributed by atoms with Gasteiger partial charge in [-0.25, -0.2) is 16.8 Å². The lowest BCUT2D eigenvalue weighted by molar-refractivity contribution is -0.245. The third-order valence-electron chi connectivity index (χ3n) is 6.20. The predicted molar refractivity (Wildman–Crippen MR) is 90.8 cm³/mol. The molecule has 18 heteroatoms. The molecule has 2 bridgehead atoms. The van der Waals surface area contributed by atoms with Gasteiger partial charge in [0, 0.05) is 11.8 Å². The lowest BCUT2D eigenvalue weighted by atomic mass is 9.70. The minimum Gasteiger partial charge on any atom is -0.299 e. The molecule has 2 unspecified atom stereocenters. The van der Waals surface area contributed by atoms with Crippen LogP contribution in [-0.2, 0) is 35.0 Å². The van der Waals surface area contributed by atoms with Crippen LogP contribution in [0.1, 0.15) is 33.1 Å². The molecule has 2 aliphatic rings. The fourth-order valence-electron chi connectivity index (χ4n) is 4.18. The molecule has 0 aromatic rings. The Hall–Kier alpha value is -0.980. The number of fused-ring (bicyclic) bond motifs is 2. The second-order valence-electron chi connectivity index (χ2n) is 8.10. The predicted octanol–water partition coefficient (Wildman–Crippen LogP) is 1.34. The Balaban J connectivity index is 2.44. The van der Waals surface area contributed by atoms with Gasteiger partial charge in [0.2, 0.25) is 10.0 Å². The van der Waals surface area contributed by atoms with Gasteiger partial charge < -0.3 is 0 Å². The number of rotatable bonds is 8. The quantitative estimate of drug-likeness (QED) is 0.356. The fraction of sp³-hybridized carbons (Fsp3) is 0.923. The second-order valence-corrected chi connectivity index (χ2v) is 13.3. The van der Waals surface area contributed by atoms with E-state index in [0.29, 0.717) is 6.42 Å². The van der Waals surface area contributed by atoms with Gasteiger partial charge in [-0.1, -0.05) is 13.8 Å². The number of hydrogen-bond acceptors (Lipinski definition) is 7. The average Bonchev–Trinajstić information content (AvgIpc) is 2.85. The standard InChI is InChI=1S/C13H17F6NO8S3/c1-9(2)7-3-4-10(9,8(21)5-7)6-29(22,23)20-30(24,25)12(16,17)11(14,15)13(18,19)31(26,27)28/h7,20H,3-6H2,1-2H3,(H,26,27,28). The van der Waals surface area contributed by atoms with Crippen LogP contribution in [0.25, 0.3) is 0 Å². The van der Waals surface area contributed by atoms with Crippen molar-refractivity contribution in [3.05, 3.63) is 0 Å². The highest BCUT2D eigenvalue weighted by Gasteiger charge is 2.82. The van der Waals surface area contributed by atoms with Crippen LogP contribution in [0.4, 0.5) is 26.3 Å². The molecule has 0 amide bonds. The number of Topliss-reactive ketones (excluding diaryl/α,β-unsaturated/α-hetero) is 1. The van der Waals surface area contributed by atoms with Gasteiger partial charge in [-0.3, -0.25) is 9.35 Å². The van der Waals surface area contributed by atoms with Crippen molar-refractivity contribution in [3.8, 4) is 0 Å². The Bertz CT molecular complexity index is 1120. The van der Waals surface area contributed by atoms with Crippen molar-refractivity contribution in [1.82, 2.24) is 4.13 Å². The molecule has 0 radical (unpaired) electrons. The molecule has 2 aliphatic carbocycles. The molecule has 2 fully saturated rings. The van der Waals surface area contributed by atoms with Gasteiger partial charge >= 0.3 is 26.5 Å². The highest BCUT2D eigenvalue weighted by molar-refractivity contribution is 8.05. The molecule has 9 nitrogen and oxygen atoms in total. The van der Waals surface area contributed by atoms with Crippen LogP contribution in [0.15, 0.2) is 0 Å². The first-order valence-corrected chi connectivity index (χ1v) is 12.9. The number of nitrogens with one attached hydrogen (secondary N) is 1. The average molecular weight is 525 g/mol. The van der Waals surface area contributed by atoms with Gasteiger partial charge in [-0.05, 0) is 24.2 Å². The number of hydrogen-bond donors (Lipinski definition) is 2. The van der Waals surface area contributed by atoms with Gasteiger partial charge in [0.25, 0.3) is 10.0 Å². The lowest BCUT2D eigenvalue weighted by Gasteiger charge is -2.36. The van der Waals surface area contributed by atoms with E-state index in [1.807, 2.05) is 0 Å². The minimum absolute atomic E-state index is 0.0716. The third-order valence-corrected chi connectivity index (χ3v) is 10.8. The number of carbonyl (C=O) groups is 1. The molecule has 2 saturated carbocycles. The molecule has 182 valence electrons. The largest absolute Gasteiger partial charge is 0.439 e. The SMILES string of the molecule is CC1(C)C2CCC1(CS(=O)(=O)NS(=O)(=O)C(F)(F)C(F)(F)C(F)(F)S(=O)(=O)O)C(=O)C2. The summed E-state index contributed by atoms with van der Waals surface area (Å²) in [6, 6.07) is 0. The summed E-state index contributed by atoms with van der Waals surface area (Å²) in [5, 5.41) is -14.0. The Morgan fingerprint density at radius 2 is 1.48 bits per heavy atom. The maximum absolute atomic E-state index is 13.9. The molecule has 0 aliphatic heterocycles. The minimum atomic E-state index is -7.28. The summed E-state index contributed by atoms with van der Waals surface area (Å²) in [4.78, 5) is 12.3. The molecule has 0 aromatic carbocycles. The summed E-state index contributed by atoms with van der Waals surface area (Å²) in [7, 11) is -20.0. The Labute approximate surface area is 173 Å². The molecule has 31 heavy (non-hydrogen) atoms. The number of halogens is 6. The van der Waals surface area contributed by atoms with Crippen LogP contribution in [0.3, 0.4) is 0 Å². The maximum atomic E-state index is 13.9. The zero-order valence-corrected chi connectivity index (χ0v) is 18.2. The molecule has 0 spiro atoms. The van der Waals surface area contributed by atoms with Crippen LogP contribution in [0, 0.1) is 16.7 Å². The van der Waals surface area contributed by atoms with Crippen molar-refractivity contribution < 1.29 is 60.9 Å². The summed E-state index contributed by atoms with van der Waals surface area (Å²) in [6.45, 7) is 2.96. The van der Waals surface area contributed by atoms with E-state index in [4.69, 9.17) is 4.55 Å². The Morgan fingerprint density at radius 1 is 1.00 bits per heavy atom. The molecule has 0 saturated heterocycles. The number of carbonyl (C=O) groups excluding carboxylic acids is 1. The van der Waals surface area contributed by atoms with Crippen molar-refractivity contribution in [2.45, 2.75) is 49.5 Å². The van der Waals surface area contributed by atoms with Crippen LogP contribution in [0.2, 0.25) is 0 Å². The molecule has 2 N–H and O–H groups in total. The summed E-state index contributed by atoms with van der Waals surface area (Å²) in [6.07, 6.45) is 0.192. The van der Waals surface area contributed by atoms with Crippen LogP contribution >= 0.6 is 0 Å². The van der Waals surface area contributed by atoms with Crippen molar-refractivity contribution >= 4 is 35.9 Å². The molecule has 2 atom stereocenters. The lowest BCUT2D eigenvalue weighted by Crippen LogP contribution is -2.63. The van der Waals surface area contributed by atoms with Crippen molar-refractivity contribution in [3.63, 3.8) is 0 Å². The smallest absolute Gasteiger partial charge is 0.299 e. The maximum Gasteiger partial charge on any atom is 0.439 e. The monoisotopic (exact) mass is 525 g/mol. The van der Waals surface area contributed by atoms with Crippen molar-refractivity contribution in [2.75, 3.05) is 5.75 Å². The van der Waals surface area contributed by atoms with E-state index in [0.717, 1.165) is 0 Å². The fourth-order valence-corrected chi connectivity index (χ4v) is 8.48. The van der Waals surface area contributed by atoms with Gasteiger partial charge in [-0.15, -0.1) is 4.13 Å². The Kier molecular flexibility index (Phi) is 5.74. The van der Waals surface area contributed by atoms with E-state index >= 15 is 0 Å². The van der Waals surface area contributed by atoms with E-state index in [1.165, 1.54) is 13.8 Å². The van der Waals surface area contributed by atoms with E-state index in [-0.39, 0.29) is 22.9 Å². The first-order chi connectivity index (χ1) is 13.4. The normalized spacial score (nSPS) is 27.6. The highest BCUT2D eigenvalue weighted by Crippen LogP contribution is 2.64. The van der Waals surface area contributed by atoms with E-state index in [2.05, 4.69) is 0 Å². The summed E-state index contributed by atoms with van der Waals surface area (Å²) in [5.41, 5.74) is -2.75. The van der Waals surface area contributed by atoms with Crippen LogP contribution < -0.4 is 4.13 Å². The first kappa shape index (κ1) is 26.3. The van der Waals surface area contributed by atoms with Gasteiger partial charge in [0.15, 0.2) is 0 Å². The number of ketones is 1. The summed E-state index contributed by atoms with van der Waals surface area (Å²) < 4.78 is 158. The van der Waals surface area contributed by atoms with E-state index in [1.54, 1.807) is 0 Å². The molecule has 0 aromatic heterocycles. The van der Waals surface area contributed by atoms with Gasteiger partial charge in [0.1, 0.15) is 5.78 Å². The highest BCUT2D eigenvalue weighted by atomic mass is 32.3. The summed E-state index contributed by atoms with van der Waals surface area (Å²) >= 11 is 0.